The second-order valence-electron chi connectivity index (χ2n) is 3.50. The molecule has 2 aliphatic rings. The molecule has 0 atom stereocenters. The van der Waals surface area contributed by atoms with Crippen molar-refractivity contribution in [3.63, 3.8) is 0 Å². The van der Waals surface area contributed by atoms with Crippen LogP contribution in [0, 0.1) is 5.41 Å². The van der Waals surface area contributed by atoms with Crippen LogP contribution in [-0.4, -0.2) is 0 Å². The fourth-order valence-electron chi connectivity index (χ4n) is 0.854. The first kappa shape index (κ1) is 7.11. The summed E-state index contributed by atoms with van der Waals surface area (Å²) >= 11 is 0. The fourth-order valence-corrected chi connectivity index (χ4v) is 0.854. The maximum atomic E-state index is 2.18. The molecule has 0 aromatic rings. The van der Waals surface area contributed by atoms with Crippen molar-refractivity contribution in [2.24, 2.45) is 5.41 Å². The van der Waals surface area contributed by atoms with Crippen LogP contribution in [-0.2, 0) is 0 Å². The van der Waals surface area contributed by atoms with Crippen LogP contribution in [0.4, 0.5) is 0 Å². The van der Waals surface area contributed by atoms with Gasteiger partial charge in [0.25, 0.3) is 0 Å². The second-order valence-corrected chi connectivity index (χ2v) is 3.50. The zero-order chi connectivity index (χ0) is 6.74. The van der Waals surface area contributed by atoms with E-state index in [-0.39, 0.29) is 0 Å². The highest BCUT2D eigenvalue weighted by Gasteiger charge is 2.52. The lowest BCUT2D eigenvalue weighted by Crippen LogP contribution is -1.51. The van der Waals surface area contributed by atoms with Crippen molar-refractivity contribution < 1.29 is 0 Å². The highest BCUT2D eigenvalue weighted by molar-refractivity contribution is 5.04. The molecule has 0 bridgehead atoms. The Hall–Kier alpha value is 0. The topological polar surface area (TPSA) is 0 Å². The molecule has 2 fully saturated rings. The molecule has 0 aromatic heterocycles. The van der Waals surface area contributed by atoms with E-state index in [0.717, 1.165) is 5.41 Å². The summed E-state index contributed by atoms with van der Waals surface area (Å²) in [5, 5.41) is 0. The molecule has 2 saturated carbocycles. The van der Waals surface area contributed by atoms with Crippen LogP contribution in [0.15, 0.2) is 0 Å². The van der Waals surface area contributed by atoms with Crippen LogP contribution >= 0.6 is 0 Å². The van der Waals surface area contributed by atoms with Crippen LogP contribution in [0.2, 0.25) is 0 Å². The van der Waals surface area contributed by atoms with Gasteiger partial charge in [0.05, 0.1) is 0 Å². The second kappa shape index (κ2) is 2.72. The molecular weight excluding hydrogens is 108 g/mol. The molecule has 0 saturated heterocycles. The van der Waals surface area contributed by atoms with Gasteiger partial charge in [-0.1, -0.05) is 26.7 Å². The van der Waals surface area contributed by atoms with E-state index in [0.29, 0.717) is 0 Å². The Labute approximate surface area is 58.7 Å². The molecule has 0 aliphatic heterocycles. The van der Waals surface area contributed by atoms with Crippen molar-refractivity contribution >= 4 is 0 Å². The van der Waals surface area contributed by atoms with E-state index in [1.54, 1.807) is 25.7 Å². The van der Waals surface area contributed by atoms with Gasteiger partial charge in [0, 0.05) is 0 Å². The molecule has 0 aromatic carbocycles. The third-order valence-electron chi connectivity index (χ3n) is 2.41. The molecule has 1 spiro atoms. The zero-order valence-electron chi connectivity index (χ0n) is 6.74. The molecule has 0 N–H and O–H groups in total. The van der Waals surface area contributed by atoms with E-state index in [4.69, 9.17) is 0 Å². The predicted octanol–water partition coefficient (Wildman–Crippen LogP) is 3.37. The van der Waals surface area contributed by atoms with Gasteiger partial charge < -0.3 is 0 Å². The van der Waals surface area contributed by atoms with Crippen LogP contribution in [0.25, 0.3) is 0 Å². The van der Waals surface area contributed by atoms with Crippen LogP contribution < -0.4 is 0 Å². The Morgan fingerprint density at radius 1 is 0.889 bits per heavy atom. The largest absolute Gasteiger partial charge is 0.0654 e. The molecule has 9 heavy (non-hydrogen) atoms. The van der Waals surface area contributed by atoms with Gasteiger partial charge in [-0.15, -0.1) is 0 Å². The summed E-state index contributed by atoms with van der Waals surface area (Å²) in [6.07, 6.45) is 8.89. The van der Waals surface area contributed by atoms with E-state index in [1.807, 2.05) is 0 Å². The molecule has 0 radical (unpaired) electrons. The average molecular weight is 126 g/mol. The summed E-state index contributed by atoms with van der Waals surface area (Å²) in [7, 11) is 0. The summed E-state index contributed by atoms with van der Waals surface area (Å²) in [5.74, 6) is 0. The average Bonchev–Trinajstić information content (AvgIpc) is 2.78. The van der Waals surface area contributed by atoms with Crippen molar-refractivity contribution in [2.45, 2.75) is 52.4 Å². The molecule has 0 heterocycles. The number of hydrogen-bond donors (Lipinski definition) is 0. The summed E-state index contributed by atoms with van der Waals surface area (Å²) in [5.41, 5.74) is 1.00. The van der Waals surface area contributed by atoms with Crippen molar-refractivity contribution in [1.29, 1.82) is 0 Å². The van der Waals surface area contributed by atoms with Gasteiger partial charge in [-0.05, 0) is 31.1 Å². The molecule has 0 amide bonds. The van der Waals surface area contributed by atoms with E-state index in [1.165, 1.54) is 12.8 Å². The molecule has 2 rings (SSSR count). The Morgan fingerprint density at radius 2 is 1.22 bits per heavy atom. The Morgan fingerprint density at radius 3 is 1.22 bits per heavy atom. The fraction of sp³-hybridized carbons (Fsp3) is 1.00. The van der Waals surface area contributed by atoms with Crippen molar-refractivity contribution in [1.82, 2.24) is 0 Å². The Balaban J connectivity index is 0.0000000945. The number of rotatable bonds is 1. The third-order valence-corrected chi connectivity index (χ3v) is 2.41. The molecule has 54 valence electrons. The van der Waals surface area contributed by atoms with Gasteiger partial charge >= 0.3 is 0 Å². The van der Waals surface area contributed by atoms with E-state index < -0.39 is 0 Å². The van der Waals surface area contributed by atoms with Crippen molar-refractivity contribution in [3.05, 3.63) is 0 Å². The normalized spacial score (nSPS) is 24.7. The van der Waals surface area contributed by atoms with Gasteiger partial charge in [0.15, 0.2) is 0 Å². The van der Waals surface area contributed by atoms with Gasteiger partial charge in [-0.25, -0.2) is 0 Å². The first-order chi connectivity index (χ1) is 4.33. The highest BCUT2D eigenvalue weighted by atomic mass is 14.6. The summed E-state index contributed by atoms with van der Waals surface area (Å²) in [4.78, 5) is 0. The lowest BCUT2D eigenvalue weighted by Gasteiger charge is -1.68. The summed E-state index contributed by atoms with van der Waals surface area (Å²) in [6, 6.07) is 0. The summed E-state index contributed by atoms with van der Waals surface area (Å²) in [6.45, 7) is 4.36. The highest BCUT2D eigenvalue weighted by Crippen LogP contribution is 2.65. The van der Waals surface area contributed by atoms with Crippen LogP contribution in [0.5, 0.6) is 0 Å². The maximum Gasteiger partial charge on any atom is -0.0297 e. The number of unbranched alkanes of at least 4 members (excludes halogenated alkanes) is 1. The van der Waals surface area contributed by atoms with Gasteiger partial charge in [0.2, 0.25) is 0 Å². The zero-order valence-corrected chi connectivity index (χ0v) is 6.74. The standard InChI is InChI=1S/C5H8.C4H10/c1-2-5(1)3-4-5;1-3-4-2/h1-4H2;3-4H2,1-2H3. The molecule has 0 heteroatoms. The minimum Gasteiger partial charge on any atom is -0.0654 e. The van der Waals surface area contributed by atoms with Gasteiger partial charge in [-0.3, -0.25) is 0 Å². The van der Waals surface area contributed by atoms with Gasteiger partial charge in [0.1, 0.15) is 0 Å². The first-order valence-corrected chi connectivity index (χ1v) is 4.33. The predicted molar refractivity (Wildman–Crippen MR) is 41.5 cm³/mol. The third kappa shape index (κ3) is 2.38. The van der Waals surface area contributed by atoms with Crippen molar-refractivity contribution in [2.75, 3.05) is 0 Å². The minimum absolute atomic E-state index is 1.00. The first-order valence-electron chi connectivity index (χ1n) is 4.33. The smallest absolute Gasteiger partial charge is 0.0297 e. The summed E-state index contributed by atoms with van der Waals surface area (Å²) < 4.78 is 0. The van der Waals surface area contributed by atoms with E-state index >= 15 is 0 Å². The monoisotopic (exact) mass is 126 g/mol. The quantitative estimate of drug-likeness (QED) is 0.505. The minimum atomic E-state index is 1.00. The lowest BCUT2D eigenvalue weighted by molar-refractivity contribution is 0.886. The van der Waals surface area contributed by atoms with E-state index in [9.17, 15) is 0 Å². The molecule has 2 aliphatic carbocycles. The Bertz CT molecular complexity index is 60.5. The number of hydrogen-bond acceptors (Lipinski definition) is 0. The Kier molecular flexibility index (Phi) is 2.15. The SMILES string of the molecule is C1CC12CC2.CCCC. The van der Waals surface area contributed by atoms with E-state index in [2.05, 4.69) is 13.8 Å². The van der Waals surface area contributed by atoms with Gasteiger partial charge in [-0.2, -0.15) is 0 Å². The van der Waals surface area contributed by atoms with Crippen LogP contribution in [0.3, 0.4) is 0 Å². The lowest BCUT2D eigenvalue weighted by atomic mass is 10.4. The molecule has 0 unspecified atom stereocenters. The molecular formula is C9H18. The maximum absolute atomic E-state index is 2.18. The van der Waals surface area contributed by atoms with Crippen molar-refractivity contribution in [3.8, 4) is 0 Å². The van der Waals surface area contributed by atoms with Crippen LogP contribution in [0.1, 0.15) is 52.4 Å². The molecule has 0 nitrogen and oxygen atoms in total.